The van der Waals surface area contributed by atoms with Crippen molar-refractivity contribution in [3.05, 3.63) is 0 Å². The van der Waals surface area contributed by atoms with Gasteiger partial charge in [-0.2, -0.15) is 0 Å². The minimum absolute atomic E-state index is 0.308. The van der Waals surface area contributed by atoms with Crippen LogP contribution in [0.5, 0.6) is 0 Å². The molecule has 82 valence electrons. The van der Waals surface area contributed by atoms with E-state index >= 15 is 0 Å². The molecular weight excluding hydrogens is 289 g/mol. The molecular formula is C6H23P7. The van der Waals surface area contributed by atoms with Crippen molar-refractivity contribution < 1.29 is 0 Å². The molecule has 0 aliphatic carbocycles. The molecule has 0 aromatic heterocycles. The molecule has 6 atom stereocenters. The maximum absolute atomic E-state index is 3.09. The van der Waals surface area contributed by atoms with Crippen LogP contribution in [0.3, 0.4) is 0 Å². The summed E-state index contributed by atoms with van der Waals surface area (Å²) < 4.78 is 0. The Bertz CT molecular complexity index is 123. The Morgan fingerprint density at radius 1 is 1.00 bits per heavy atom. The zero-order chi connectivity index (χ0) is 10.5. The normalized spacial score (nSPS) is 20.2. The van der Waals surface area contributed by atoms with E-state index in [2.05, 4.69) is 44.5 Å². The molecule has 0 heterocycles. The van der Waals surface area contributed by atoms with Crippen molar-refractivity contribution in [2.75, 3.05) is 38.5 Å². The summed E-state index contributed by atoms with van der Waals surface area (Å²) in [6.07, 6.45) is 0. The first-order chi connectivity index (χ1) is 5.91. The van der Waals surface area contributed by atoms with E-state index in [-0.39, 0.29) is 0 Å². The predicted octanol–water partition coefficient (Wildman–Crippen LogP) is 4.90. The van der Waals surface area contributed by atoms with Gasteiger partial charge in [0.1, 0.15) is 0 Å². The third kappa shape index (κ3) is 8.78. The van der Waals surface area contributed by atoms with Crippen LogP contribution in [-0.4, -0.2) is 38.5 Å². The first-order valence-corrected chi connectivity index (χ1v) is 18.7. The van der Waals surface area contributed by atoms with E-state index in [9.17, 15) is 0 Å². The zero-order valence-electron chi connectivity index (χ0n) is 8.96. The number of hydrogen-bond donors (Lipinski definition) is 0. The second-order valence-electron chi connectivity index (χ2n) is 3.87. The fourth-order valence-electron chi connectivity index (χ4n) is 1.13. The summed E-state index contributed by atoms with van der Waals surface area (Å²) in [6.45, 7) is 9.86. The van der Waals surface area contributed by atoms with Gasteiger partial charge in [0.05, 0.1) is 0 Å². The Labute approximate surface area is 94.7 Å². The molecule has 0 saturated heterocycles. The van der Waals surface area contributed by atoms with Crippen LogP contribution in [0.15, 0.2) is 0 Å². The monoisotopic (exact) mass is 312 g/mol. The molecule has 0 N–H and O–H groups in total. The summed E-state index contributed by atoms with van der Waals surface area (Å²) in [6, 6.07) is 0. The van der Waals surface area contributed by atoms with Crippen molar-refractivity contribution in [1.29, 1.82) is 0 Å². The Morgan fingerprint density at radius 3 is 1.54 bits per heavy atom. The van der Waals surface area contributed by atoms with Gasteiger partial charge in [0.15, 0.2) is 0 Å². The van der Waals surface area contributed by atoms with Crippen LogP contribution in [0, 0.1) is 0 Å². The Hall–Kier alpha value is 3.01. The van der Waals surface area contributed by atoms with E-state index in [4.69, 9.17) is 0 Å². The van der Waals surface area contributed by atoms with Crippen LogP contribution < -0.4 is 0 Å². The standard InChI is InChI=1S/C6H23P7/c1-9-11(7)5-13(3,4)6-12(8)10-2/h9-10,13H,5-8H2,1-4H3. The first-order valence-electron chi connectivity index (χ1n) is 4.30. The van der Waals surface area contributed by atoms with Gasteiger partial charge in [0.25, 0.3) is 0 Å². The van der Waals surface area contributed by atoms with E-state index in [1.165, 1.54) is 16.5 Å². The van der Waals surface area contributed by atoms with Gasteiger partial charge in [-0.05, 0) is 0 Å². The summed E-state index contributed by atoms with van der Waals surface area (Å²) in [5.41, 5.74) is 0. The SMILES string of the molecule is CPP(P)C[PH](C)(C)CP(P)PC. The van der Waals surface area contributed by atoms with Gasteiger partial charge in [0.2, 0.25) is 0 Å². The van der Waals surface area contributed by atoms with Gasteiger partial charge in [-0.15, -0.1) is 0 Å². The van der Waals surface area contributed by atoms with E-state index < -0.39 is 7.26 Å². The molecule has 0 nitrogen and oxygen atoms in total. The maximum atomic E-state index is 3.09. The van der Waals surface area contributed by atoms with Gasteiger partial charge in [0, 0.05) is 0 Å². The van der Waals surface area contributed by atoms with Crippen LogP contribution in [0.25, 0.3) is 0 Å². The molecule has 0 aliphatic heterocycles. The van der Waals surface area contributed by atoms with Crippen LogP contribution in [-0.2, 0) is 0 Å². The quantitative estimate of drug-likeness (QED) is 0.612. The molecule has 7 heteroatoms. The van der Waals surface area contributed by atoms with Gasteiger partial charge < -0.3 is 0 Å². The third-order valence-electron chi connectivity index (χ3n) is 1.77. The topological polar surface area (TPSA) is 0 Å². The van der Waals surface area contributed by atoms with E-state index in [1.807, 2.05) is 0 Å². The van der Waals surface area contributed by atoms with Crippen LogP contribution in [0.1, 0.15) is 0 Å². The summed E-state index contributed by atoms with van der Waals surface area (Å²) in [4.78, 5) is 0. The molecule has 0 saturated carbocycles. The average molecular weight is 312 g/mol. The number of rotatable bonds is 6. The molecule has 13 heavy (non-hydrogen) atoms. The Kier molecular flexibility index (Phi) is 10.0. The molecule has 0 spiro atoms. The summed E-state index contributed by atoms with van der Waals surface area (Å²) >= 11 is 0. The number of hydrogen-bond acceptors (Lipinski definition) is 0. The van der Waals surface area contributed by atoms with Crippen LogP contribution in [0.2, 0.25) is 0 Å². The third-order valence-corrected chi connectivity index (χ3v) is 26.7. The van der Waals surface area contributed by atoms with Gasteiger partial charge >= 0.3 is 94.7 Å². The summed E-state index contributed by atoms with van der Waals surface area (Å²) in [5, 5.41) is 0. The first kappa shape index (κ1) is 16.0. The molecule has 0 fully saturated rings. The molecule has 0 rings (SSSR count). The van der Waals surface area contributed by atoms with Gasteiger partial charge in [-0.25, -0.2) is 0 Å². The average Bonchev–Trinajstić information content (AvgIpc) is 2.02. The van der Waals surface area contributed by atoms with Gasteiger partial charge in [-0.1, -0.05) is 0 Å². The van der Waals surface area contributed by atoms with Crippen molar-refractivity contribution >= 4 is 56.3 Å². The molecule has 0 aliphatic rings. The Morgan fingerprint density at radius 2 is 1.31 bits per heavy atom. The fourth-order valence-corrected chi connectivity index (χ4v) is 30.5. The molecule has 0 bridgehead atoms. The van der Waals surface area contributed by atoms with Crippen LogP contribution in [0.4, 0.5) is 0 Å². The fraction of sp³-hybridized carbons (Fsp3) is 1.00. The summed E-state index contributed by atoms with van der Waals surface area (Å²) in [5.74, 6) is 3.14. The predicted molar refractivity (Wildman–Crippen MR) is 91.6 cm³/mol. The van der Waals surface area contributed by atoms with Crippen LogP contribution >= 0.6 is 56.3 Å². The molecule has 0 radical (unpaired) electrons. The van der Waals surface area contributed by atoms with E-state index in [0.29, 0.717) is 14.6 Å². The van der Waals surface area contributed by atoms with Crippen molar-refractivity contribution in [2.24, 2.45) is 0 Å². The summed E-state index contributed by atoms with van der Waals surface area (Å²) in [7, 11) is 8.29. The minimum atomic E-state index is -0.842. The van der Waals surface area contributed by atoms with Crippen molar-refractivity contribution in [1.82, 2.24) is 0 Å². The zero-order valence-corrected chi connectivity index (χ0v) is 16.1. The second kappa shape index (κ2) is 8.15. The van der Waals surface area contributed by atoms with Gasteiger partial charge in [-0.3, -0.25) is 0 Å². The molecule has 6 unspecified atom stereocenters. The van der Waals surface area contributed by atoms with Crippen molar-refractivity contribution in [3.63, 3.8) is 0 Å². The Balaban J connectivity index is 3.92. The molecule has 0 aromatic carbocycles. The second-order valence-corrected chi connectivity index (χ2v) is 26.5. The van der Waals surface area contributed by atoms with Crippen molar-refractivity contribution in [2.45, 2.75) is 0 Å². The van der Waals surface area contributed by atoms with Crippen molar-refractivity contribution in [3.8, 4) is 0 Å². The molecule has 0 aromatic rings. The van der Waals surface area contributed by atoms with E-state index in [1.54, 1.807) is 11.8 Å². The molecule has 0 amide bonds. The van der Waals surface area contributed by atoms with E-state index in [0.717, 1.165) is 0 Å².